The molecule has 2 N–H and O–H groups in total. The van der Waals surface area contributed by atoms with Crippen molar-refractivity contribution < 1.29 is 0 Å². The molecule has 0 bridgehead atoms. The molecule has 0 saturated carbocycles. The number of aliphatic imine (C=N–C) groups is 1. The van der Waals surface area contributed by atoms with Gasteiger partial charge in [0.05, 0.1) is 11.3 Å². The van der Waals surface area contributed by atoms with Gasteiger partial charge in [0, 0.05) is 13.3 Å². The molecular formula is C9H11N3O. The fourth-order valence-electron chi connectivity index (χ4n) is 0.933. The topological polar surface area (TPSA) is 61.0 Å². The first-order chi connectivity index (χ1) is 6.29. The zero-order valence-electron chi connectivity index (χ0n) is 7.37. The molecule has 0 aliphatic rings. The van der Waals surface area contributed by atoms with Gasteiger partial charge in [0.15, 0.2) is 0 Å². The van der Waals surface area contributed by atoms with Crippen LogP contribution in [0.25, 0.3) is 12.2 Å². The zero-order chi connectivity index (χ0) is 9.68. The van der Waals surface area contributed by atoms with Gasteiger partial charge in [-0.25, -0.2) is 0 Å². The van der Waals surface area contributed by atoms with Gasteiger partial charge in [0.25, 0.3) is 5.56 Å². The van der Waals surface area contributed by atoms with Gasteiger partial charge >= 0.3 is 0 Å². The van der Waals surface area contributed by atoms with Crippen LogP contribution in [-0.2, 0) is 0 Å². The third kappa shape index (κ3) is 2.05. The first-order valence-corrected chi connectivity index (χ1v) is 3.81. The summed E-state index contributed by atoms with van der Waals surface area (Å²) < 4.78 is 0. The Hall–Kier alpha value is -1.84. The second-order valence-electron chi connectivity index (χ2n) is 2.38. The molecule has 0 atom stereocenters. The molecular weight excluding hydrogens is 166 g/mol. The molecule has 13 heavy (non-hydrogen) atoms. The van der Waals surface area contributed by atoms with Crippen LogP contribution in [0, 0.1) is 0 Å². The summed E-state index contributed by atoms with van der Waals surface area (Å²) in [5.41, 5.74) is 1.09. The molecule has 1 rings (SSSR count). The minimum atomic E-state index is -0.157. The SMILES string of the molecule is C=Cc1[nH][nH]c(=O)c1/C=C\C=N/C. The summed E-state index contributed by atoms with van der Waals surface area (Å²) in [7, 11) is 1.67. The lowest BCUT2D eigenvalue weighted by Crippen LogP contribution is -2.01. The van der Waals surface area contributed by atoms with E-state index in [1.54, 1.807) is 31.5 Å². The van der Waals surface area contributed by atoms with Crippen LogP contribution in [0.3, 0.4) is 0 Å². The summed E-state index contributed by atoms with van der Waals surface area (Å²) in [6.07, 6.45) is 6.57. The van der Waals surface area contributed by atoms with Crippen LogP contribution in [0.5, 0.6) is 0 Å². The third-order valence-electron chi connectivity index (χ3n) is 1.55. The van der Waals surface area contributed by atoms with E-state index in [2.05, 4.69) is 21.8 Å². The Kier molecular flexibility index (Phi) is 3.03. The smallest absolute Gasteiger partial charge is 0.271 e. The number of rotatable bonds is 3. The number of nitrogens with zero attached hydrogens (tertiary/aromatic N) is 1. The van der Waals surface area contributed by atoms with Crippen molar-refractivity contribution in [1.82, 2.24) is 10.2 Å². The maximum atomic E-state index is 11.2. The lowest BCUT2D eigenvalue weighted by Gasteiger charge is -1.85. The van der Waals surface area contributed by atoms with Crippen molar-refractivity contribution in [2.24, 2.45) is 4.99 Å². The Morgan fingerprint density at radius 2 is 2.23 bits per heavy atom. The molecule has 0 radical (unpaired) electrons. The van der Waals surface area contributed by atoms with Gasteiger partial charge < -0.3 is 0 Å². The molecule has 0 spiro atoms. The minimum absolute atomic E-state index is 0.157. The van der Waals surface area contributed by atoms with Gasteiger partial charge in [-0.15, -0.1) is 0 Å². The third-order valence-corrected chi connectivity index (χ3v) is 1.55. The van der Waals surface area contributed by atoms with E-state index in [0.717, 1.165) is 0 Å². The van der Waals surface area contributed by atoms with Crippen LogP contribution < -0.4 is 5.56 Å². The summed E-state index contributed by atoms with van der Waals surface area (Å²) in [5.74, 6) is 0. The largest absolute Gasteiger partial charge is 0.298 e. The molecule has 1 aromatic heterocycles. The Morgan fingerprint density at radius 3 is 2.85 bits per heavy atom. The normalized spacial score (nSPS) is 11.5. The molecule has 4 nitrogen and oxygen atoms in total. The summed E-state index contributed by atoms with van der Waals surface area (Å²) in [4.78, 5) is 14.9. The number of aromatic nitrogens is 2. The highest BCUT2D eigenvalue weighted by Crippen LogP contribution is 2.02. The quantitative estimate of drug-likeness (QED) is 0.666. The van der Waals surface area contributed by atoms with Gasteiger partial charge in [-0.2, -0.15) is 0 Å². The number of hydrogen-bond acceptors (Lipinski definition) is 2. The Bertz CT molecular complexity index is 395. The molecule has 1 heterocycles. The summed E-state index contributed by atoms with van der Waals surface area (Å²) in [5, 5.41) is 5.17. The molecule has 0 aliphatic heterocycles. The fourth-order valence-corrected chi connectivity index (χ4v) is 0.933. The Labute approximate surface area is 75.7 Å². The second kappa shape index (κ2) is 4.25. The van der Waals surface area contributed by atoms with Crippen molar-refractivity contribution in [3.05, 3.63) is 34.3 Å². The Morgan fingerprint density at radius 1 is 1.46 bits per heavy atom. The Balaban J connectivity index is 3.05. The van der Waals surface area contributed by atoms with E-state index >= 15 is 0 Å². The van der Waals surface area contributed by atoms with Crippen LogP contribution >= 0.6 is 0 Å². The van der Waals surface area contributed by atoms with Gasteiger partial charge in [-0.3, -0.25) is 20.0 Å². The van der Waals surface area contributed by atoms with E-state index in [-0.39, 0.29) is 5.56 Å². The van der Waals surface area contributed by atoms with Crippen molar-refractivity contribution >= 4 is 18.4 Å². The molecule has 0 fully saturated rings. The van der Waals surface area contributed by atoms with Gasteiger partial charge in [-0.05, 0) is 18.2 Å². The highest BCUT2D eigenvalue weighted by atomic mass is 16.1. The van der Waals surface area contributed by atoms with E-state index in [9.17, 15) is 4.79 Å². The molecule has 0 saturated heterocycles. The predicted octanol–water partition coefficient (Wildman–Crippen LogP) is 1.06. The highest BCUT2D eigenvalue weighted by Gasteiger charge is 2.01. The molecule has 1 aromatic rings. The number of hydrogen-bond donors (Lipinski definition) is 2. The van der Waals surface area contributed by atoms with Crippen molar-refractivity contribution in [2.75, 3.05) is 7.05 Å². The van der Waals surface area contributed by atoms with Crippen LogP contribution in [0.4, 0.5) is 0 Å². The van der Waals surface area contributed by atoms with Crippen molar-refractivity contribution in [3.8, 4) is 0 Å². The summed E-state index contributed by atoms with van der Waals surface area (Å²) in [6.45, 7) is 3.58. The van der Waals surface area contributed by atoms with Crippen LogP contribution in [0.15, 0.2) is 22.4 Å². The van der Waals surface area contributed by atoms with Gasteiger partial charge in [0.2, 0.25) is 0 Å². The monoisotopic (exact) mass is 177 g/mol. The van der Waals surface area contributed by atoms with E-state index in [1.165, 1.54) is 0 Å². The number of allylic oxidation sites excluding steroid dienone is 1. The van der Waals surface area contributed by atoms with Crippen molar-refractivity contribution in [2.45, 2.75) is 0 Å². The van der Waals surface area contributed by atoms with Crippen molar-refractivity contribution in [3.63, 3.8) is 0 Å². The second-order valence-corrected chi connectivity index (χ2v) is 2.38. The minimum Gasteiger partial charge on any atom is -0.298 e. The lowest BCUT2D eigenvalue weighted by atomic mass is 10.2. The predicted molar refractivity (Wildman–Crippen MR) is 55.0 cm³/mol. The maximum Gasteiger partial charge on any atom is 0.271 e. The fraction of sp³-hybridized carbons (Fsp3) is 0.111. The standard InChI is InChI=1S/C9H11N3O/c1-3-8-7(5-4-6-10-2)9(13)12-11-8/h3-6H,1H2,2H3,(H2,11,12,13)/b5-4-,10-6-. The van der Waals surface area contributed by atoms with E-state index in [4.69, 9.17) is 0 Å². The van der Waals surface area contributed by atoms with Crippen LogP contribution in [0.2, 0.25) is 0 Å². The average Bonchev–Trinajstić information content (AvgIpc) is 2.48. The molecule has 68 valence electrons. The lowest BCUT2D eigenvalue weighted by molar-refractivity contribution is 1.05. The number of H-pyrrole nitrogens is 2. The van der Waals surface area contributed by atoms with Gasteiger partial charge in [0.1, 0.15) is 0 Å². The van der Waals surface area contributed by atoms with Gasteiger partial charge in [-0.1, -0.05) is 6.58 Å². The van der Waals surface area contributed by atoms with Crippen LogP contribution in [0.1, 0.15) is 11.3 Å². The summed E-state index contributed by atoms with van der Waals surface area (Å²) in [6, 6.07) is 0. The molecule has 0 aliphatic carbocycles. The average molecular weight is 177 g/mol. The van der Waals surface area contributed by atoms with Crippen molar-refractivity contribution in [1.29, 1.82) is 0 Å². The number of aromatic amines is 2. The summed E-state index contributed by atoms with van der Waals surface area (Å²) >= 11 is 0. The zero-order valence-corrected chi connectivity index (χ0v) is 7.37. The highest BCUT2D eigenvalue weighted by molar-refractivity contribution is 5.79. The van der Waals surface area contributed by atoms with E-state index in [1.807, 2.05) is 0 Å². The van der Waals surface area contributed by atoms with E-state index in [0.29, 0.717) is 11.3 Å². The molecule has 4 heteroatoms. The molecule has 0 unspecified atom stereocenters. The van der Waals surface area contributed by atoms with Crippen LogP contribution in [-0.4, -0.2) is 23.5 Å². The molecule has 0 aromatic carbocycles. The first kappa shape index (κ1) is 9.25. The first-order valence-electron chi connectivity index (χ1n) is 3.81. The number of nitrogens with one attached hydrogen (secondary N) is 2. The molecule has 0 amide bonds. The van der Waals surface area contributed by atoms with E-state index < -0.39 is 0 Å². The maximum absolute atomic E-state index is 11.2.